The van der Waals surface area contributed by atoms with Crippen LogP contribution in [0.4, 0.5) is 0 Å². The SMILES string of the molecule is Cc1nc(CN(C)C(C)Cc2ncccc2C)co1. The molecule has 4 heteroatoms. The minimum atomic E-state index is 0.408. The molecule has 0 amide bonds. The topological polar surface area (TPSA) is 42.2 Å². The van der Waals surface area contributed by atoms with Gasteiger partial charge >= 0.3 is 0 Å². The number of rotatable bonds is 5. The largest absolute Gasteiger partial charge is 0.449 e. The summed E-state index contributed by atoms with van der Waals surface area (Å²) in [5, 5.41) is 0. The molecule has 0 bridgehead atoms. The van der Waals surface area contributed by atoms with E-state index in [1.807, 2.05) is 19.2 Å². The van der Waals surface area contributed by atoms with E-state index in [0.29, 0.717) is 6.04 Å². The number of nitrogens with zero attached hydrogens (tertiary/aromatic N) is 3. The molecule has 102 valence electrons. The lowest BCUT2D eigenvalue weighted by Crippen LogP contribution is -2.31. The second-order valence-electron chi connectivity index (χ2n) is 5.09. The van der Waals surface area contributed by atoms with E-state index in [2.05, 4.69) is 41.8 Å². The Kier molecular flexibility index (Phi) is 4.32. The number of hydrogen-bond acceptors (Lipinski definition) is 4. The van der Waals surface area contributed by atoms with Crippen LogP contribution in [0.15, 0.2) is 29.0 Å². The number of pyridine rings is 1. The van der Waals surface area contributed by atoms with Crippen LogP contribution in [0, 0.1) is 13.8 Å². The summed E-state index contributed by atoms with van der Waals surface area (Å²) in [7, 11) is 2.10. The van der Waals surface area contributed by atoms with Gasteiger partial charge < -0.3 is 4.42 Å². The van der Waals surface area contributed by atoms with E-state index in [1.54, 1.807) is 6.26 Å². The zero-order valence-electron chi connectivity index (χ0n) is 12.1. The van der Waals surface area contributed by atoms with Crippen LogP contribution in [-0.4, -0.2) is 28.0 Å². The number of aromatic nitrogens is 2. The number of aryl methyl sites for hydroxylation is 2. The lowest BCUT2D eigenvalue weighted by atomic mass is 10.1. The summed E-state index contributed by atoms with van der Waals surface area (Å²) in [5.74, 6) is 0.719. The highest BCUT2D eigenvalue weighted by Crippen LogP contribution is 2.12. The minimum absolute atomic E-state index is 0.408. The van der Waals surface area contributed by atoms with Crippen molar-refractivity contribution in [1.29, 1.82) is 0 Å². The Hall–Kier alpha value is -1.68. The van der Waals surface area contributed by atoms with Gasteiger partial charge in [0.15, 0.2) is 5.89 Å². The van der Waals surface area contributed by atoms with Crippen LogP contribution in [0.1, 0.15) is 29.8 Å². The second kappa shape index (κ2) is 5.97. The van der Waals surface area contributed by atoms with Gasteiger partial charge in [-0.2, -0.15) is 0 Å². The van der Waals surface area contributed by atoms with Crippen LogP contribution in [0.25, 0.3) is 0 Å². The molecule has 0 saturated heterocycles. The Morgan fingerprint density at radius 1 is 1.37 bits per heavy atom. The maximum atomic E-state index is 5.23. The summed E-state index contributed by atoms with van der Waals surface area (Å²) in [5.41, 5.74) is 3.39. The van der Waals surface area contributed by atoms with Crippen molar-refractivity contribution in [2.24, 2.45) is 0 Å². The van der Waals surface area contributed by atoms with Crippen LogP contribution >= 0.6 is 0 Å². The van der Waals surface area contributed by atoms with Crippen LogP contribution in [0.2, 0.25) is 0 Å². The van der Waals surface area contributed by atoms with Crippen LogP contribution in [-0.2, 0) is 13.0 Å². The van der Waals surface area contributed by atoms with E-state index >= 15 is 0 Å². The van der Waals surface area contributed by atoms with E-state index in [4.69, 9.17) is 4.42 Å². The van der Waals surface area contributed by atoms with E-state index in [0.717, 1.165) is 30.2 Å². The maximum Gasteiger partial charge on any atom is 0.191 e. The molecule has 0 saturated carbocycles. The minimum Gasteiger partial charge on any atom is -0.449 e. The third kappa shape index (κ3) is 3.64. The normalized spacial score (nSPS) is 12.9. The fraction of sp³-hybridized carbons (Fsp3) is 0.467. The Labute approximate surface area is 114 Å². The van der Waals surface area contributed by atoms with Crippen molar-refractivity contribution in [3.05, 3.63) is 47.4 Å². The molecular formula is C15H21N3O. The molecule has 0 aliphatic heterocycles. The summed E-state index contributed by atoms with van der Waals surface area (Å²) in [6.07, 6.45) is 4.53. The quantitative estimate of drug-likeness (QED) is 0.828. The predicted octanol–water partition coefficient (Wildman–Crippen LogP) is 2.75. The van der Waals surface area contributed by atoms with Gasteiger partial charge in [-0.15, -0.1) is 0 Å². The molecule has 0 aliphatic carbocycles. The second-order valence-corrected chi connectivity index (χ2v) is 5.09. The zero-order chi connectivity index (χ0) is 13.8. The first-order chi connectivity index (χ1) is 9.06. The van der Waals surface area contributed by atoms with Gasteiger partial charge in [-0.25, -0.2) is 4.98 Å². The highest BCUT2D eigenvalue weighted by molar-refractivity contribution is 5.18. The van der Waals surface area contributed by atoms with Gasteiger partial charge in [-0.3, -0.25) is 9.88 Å². The number of hydrogen-bond donors (Lipinski definition) is 0. The van der Waals surface area contributed by atoms with Gasteiger partial charge in [0.2, 0.25) is 0 Å². The molecule has 19 heavy (non-hydrogen) atoms. The Bertz CT molecular complexity index is 536. The van der Waals surface area contributed by atoms with E-state index in [-0.39, 0.29) is 0 Å². The lowest BCUT2D eigenvalue weighted by molar-refractivity contribution is 0.243. The summed E-state index contributed by atoms with van der Waals surface area (Å²) in [4.78, 5) is 11.1. The molecule has 0 radical (unpaired) electrons. The highest BCUT2D eigenvalue weighted by atomic mass is 16.3. The first kappa shape index (κ1) is 13.7. The molecule has 2 aromatic rings. The van der Waals surface area contributed by atoms with Crippen molar-refractivity contribution >= 4 is 0 Å². The van der Waals surface area contributed by atoms with Gasteiger partial charge in [0, 0.05) is 37.8 Å². The van der Waals surface area contributed by atoms with Gasteiger partial charge in [0.25, 0.3) is 0 Å². The molecule has 0 aliphatic rings. The van der Waals surface area contributed by atoms with E-state index in [9.17, 15) is 0 Å². The van der Waals surface area contributed by atoms with Gasteiger partial charge in [-0.1, -0.05) is 6.07 Å². The number of likely N-dealkylation sites (N-methyl/N-ethyl adjacent to an activating group) is 1. The lowest BCUT2D eigenvalue weighted by Gasteiger charge is -2.23. The summed E-state index contributed by atoms with van der Waals surface area (Å²) >= 11 is 0. The fourth-order valence-electron chi connectivity index (χ4n) is 2.06. The molecule has 0 N–H and O–H groups in total. The van der Waals surface area contributed by atoms with E-state index < -0.39 is 0 Å². The first-order valence-electron chi connectivity index (χ1n) is 6.58. The Balaban J connectivity index is 1.96. The molecule has 1 atom stereocenters. The molecule has 2 rings (SSSR count). The molecule has 2 aromatic heterocycles. The summed E-state index contributed by atoms with van der Waals surface area (Å²) in [6, 6.07) is 4.49. The fourth-order valence-corrected chi connectivity index (χ4v) is 2.06. The third-order valence-corrected chi connectivity index (χ3v) is 3.44. The third-order valence-electron chi connectivity index (χ3n) is 3.44. The average Bonchev–Trinajstić information content (AvgIpc) is 2.77. The van der Waals surface area contributed by atoms with Crippen LogP contribution in [0.3, 0.4) is 0 Å². The van der Waals surface area contributed by atoms with Crippen molar-refractivity contribution in [2.75, 3.05) is 7.05 Å². The van der Waals surface area contributed by atoms with Gasteiger partial charge in [0.05, 0.1) is 5.69 Å². The molecular weight excluding hydrogens is 238 g/mol. The Morgan fingerprint density at radius 2 is 2.16 bits per heavy atom. The van der Waals surface area contributed by atoms with Crippen molar-refractivity contribution in [2.45, 2.75) is 39.8 Å². The molecule has 0 spiro atoms. The van der Waals surface area contributed by atoms with Crippen molar-refractivity contribution in [3.8, 4) is 0 Å². The monoisotopic (exact) mass is 259 g/mol. The van der Waals surface area contributed by atoms with Crippen LogP contribution in [0.5, 0.6) is 0 Å². The molecule has 2 heterocycles. The van der Waals surface area contributed by atoms with Gasteiger partial charge in [-0.05, 0) is 32.5 Å². The van der Waals surface area contributed by atoms with Crippen LogP contribution < -0.4 is 0 Å². The van der Waals surface area contributed by atoms with Crippen molar-refractivity contribution < 1.29 is 4.42 Å². The Morgan fingerprint density at radius 3 is 2.79 bits per heavy atom. The van der Waals surface area contributed by atoms with Gasteiger partial charge in [0.1, 0.15) is 6.26 Å². The van der Waals surface area contributed by atoms with E-state index in [1.165, 1.54) is 5.56 Å². The molecule has 0 fully saturated rings. The smallest absolute Gasteiger partial charge is 0.191 e. The maximum absolute atomic E-state index is 5.23. The average molecular weight is 259 g/mol. The zero-order valence-corrected chi connectivity index (χ0v) is 12.1. The molecule has 4 nitrogen and oxygen atoms in total. The standard InChI is InChI=1S/C15H21N3O/c1-11-6-5-7-16-15(11)8-12(2)18(4)9-14-10-19-13(3)17-14/h5-7,10,12H,8-9H2,1-4H3. The predicted molar refractivity (Wildman–Crippen MR) is 74.8 cm³/mol. The summed E-state index contributed by atoms with van der Waals surface area (Å²) < 4.78 is 5.23. The highest BCUT2D eigenvalue weighted by Gasteiger charge is 2.13. The first-order valence-corrected chi connectivity index (χ1v) is 6.58. The molecule has 0 aromatic carbocycles. The molecule has 1 unspecified atom stereocenters. The van der Waals surface area contributed by atoms with Crippen molar-refractivity contribution in [1.82, 2.24) is 14.9 Å². The van der Waals surface area contributed by atoms with Crippen molar-refractivity contribution in [3.63, 3.8) is 0 Å². The number of oxazole rings is 1. The summed E-state index contributed by atoms with van der Waals surface area (Å²) in [6.45, 7) is 6.98.